The zero-order valence-corrected chi connectivity index (χ0v) is 15.2. The second-order valence-electron chi connectivity index (χ2n) is 6.95. The molecule has 0 spiro atoms. The van der Waals surface area contributed by atoms with E-state index in [2.05, 4.69) is 6.07 Å². The van der Waals surface area contributed by atoms with Crippen LogP contribution in [0.4, 0.5) is 0 Å². The van der Waals surface area contributed by atoms with Crippen molar-refractivity contribution >= 4 is 5.97 Å². The molecule has 0 amide bonds. The number of benzene rings is 1. The first kappa shape index (κ1) is 19.7. The monoisotopic (exact) mass is 322 g/mol. The predicted octanol–water partition coefficient (Wildman–Crippen LogP) is 3.90. The molecule has 0 aliphatic rings. The van der Waals surface area contributed by atoms with Crippen LogP contribution in [0.25, 0.3) is 0 Å². The molecule has 0 saturated heterocycles. The average Bonchev–Trinajstić information content (AvgIpc) is 2.42. The third kappa shape index (κ3) is 8.72. The summed E-state index contributed by atoms with van der Waals surface area (Å²) in [5.41, 5.74) is 1.67. The molecule has 0 aromatic heterocycles. The number of ether oxygens (including phenoxy) is 3. The summed E-state index contributed by atoms with van der Waals surface area (Å²) in [6.45, 7) is 12.2. The molecule has 0 fully saturated rings. The van der Waals surface area contributed by atoms with E-state index in [0.717, 1.165) is 11.1 Å². The quantitative estimate of drug-likeness (QED) is 0.647. The summed E-state index contributed by atoms with van der Waals surface area (Å²) in [5, 5.41) is 0. The van der Waals surface area contributed by atoms with E-state index in [1.807, 2.05) is 59.7 Å². The lowest BCUT2D eigenvalue weighted by molar-refractivity contribution is -0.163. The second kappa shape index (κ2) is 9.04. The number of carbonyl (C=O) groups excluding carboxylic acids is 1. The van der Waals surface area contributed by atoms with Gasteiger partial charge in [-0.2, -0.15) is 0 Å². The molecule has 130 valence electrons. The van der Waals surface area contributed by atoms with Crippen molar-refractivity contribution in [3.05, 3.63) is 35.4 Å². The summed E-state index contributed by atoms with van der Waals surface area (Å²) in [4.78, 5) is 11.8. The molecular formula is C19H30O4. The van der Waals surface area contributed by atoms with Crippen molar-refractivity contribution in [3.63, 3.8) is 0 Å². The maximum atomic E-state index is 11.8. The lowest BCUT2D eigenvalue weighted by Gasteiger charge is -2.25. The lowest BCUT2D eigenvalue weighted by atomic mass is 9.97. The number of carbonyl (C=O) groups is 1. The Morgan fingerprint density at radius 2 is 1.65 bits per heavy atom. The van der Waals surface area contributed by atoms with Gasteiger partial charge in [-0.15, -0.1) is 0 Å². The van der Waals surface area contributed by atoms with Crippen molar-refractivity contribution in [1.29, 1.82) is 0 Å². The molecular weight excluding hydrogens is 292 g/mol. The Bertz CT molecular complexity index is 492. The number of esters is 1. The Hall–Kier alpha value is -1.39. The van der Waals surface area contributed by atoms with Crippen LogP contribution in [0.5, 0.6) is 0 Å². The van der Waals surface area contributed by atoms with Gasteiger partial charge in [0.1, 0.15) is 12.2 Å². The molecule has 0 aliphatic carbocycles. The highest BCUT2D eigenvalue weighted by Crippen LogP contribution is 2.19. The molecule has 0 saturated carbocycles. The van der Waals surface area contributed by atoms with Crippen LogP contribution in [0.1, 0.15) is 52.7 Å². The molecule has 4 nitrogen and oxygen atoms in total. The first-order valence-electron chi connectivity index (χ1n) is 8.21. The summed E-state index contributed by atoms with van der Waals surface area (Å²) < 4.78 is 16.4. The number of rotatable bonds is 9. The average molecular weight is 322 g/mol. The SMILES string of the molecule is CC(C)OCC(=O)OC(C)(C)Cc1cccc(COC(C)C)c1. The largest absolute Gasteiger partial charge is 0.458 e. The van der Waals surface area contributed by atoms with Crippen molar-refractivity contribution in [2.45, 2.75) is 72.4 Å². The van der Waals surface area contributed by atoms with Gasteiger partial charge in [-0.1, -0.05) is 24.3 Å². The normalized spacial score (nSPS) is 12.0. The van der Waals surface area contributed by atoms with Gasteiger partial charge >= 0.3 is 5.97 Å². The van der Waals surface area contributed by atoms with Crippen molar-refractivity contribution in [3.8, 4) is 0 Å². The summed E-state index contributed by atoms with van der Waals surface area (Å²) in [7, 11) is 0. The Morgan fingerprint density at radius 1 is 1.04 bits per heavy atom. The minimum Gasteiger partial charge on any atom is -0.458 e. The highest BCUT2D eigenvalue weighted by molar-refractivity contribution is 5.71. The van der Waals surface area contributed by atoms with Crippen LogP contribution in [0, 0.1) is 0 Å². The number of hydrogen-bond donors (Lipinski definition) is 0. The van der Waals surface area contributed by atoms with Gasteiger partial charge in [-0.3, -0.25) is 0 Å². The fourth-order valence-corrected chi connectivity index (χ4v) is 2.19. The predicted molar refractivity (Wildman–Crippen MR) is 91.3 cm³/mol. The van der Waals surface area contributed by atoms with Gasteiger partial charge in [-0.05, 0) is 52.7 Å². The van der Waals surface area contributed by atoms with E-state index in [0.29, 0.717) is 13.0 Å². The van der Waals surface area contributed by atoms with Crippen molar-refractivity contribution in [2.75, 3.05) is 6.61 Å². The summed E-state index contributed by atoms with van der Waals surface area (Å²) in [6.07, 6.45) is 0.871. The van der Waals surface area contributed by atoms with E-state index in [4.69, 9.17) is 14.2 Å². The number of hydrogen-bond acceptors (Lipinski definition) is 4. The molecule has 1 aromatic rings. The Labute approximate surface area is 140 Å². The first-order chi connectivity index (χ1) is 10.7. The van der Waals surface area contributed by atoms with Gasteiger partial charge in [0, 0.05) is 6.42 Å². The van der Waals surface area contributed by atoms with E-state index < -0.39 is 5.60 Å². The summed E-state index contributed by atoms with van der Waals surface area (Å²) in [5.74, 6) is -0.331. The highest BCUT2D eigenvalue weighted by atomic mass is 16.6. The second-order valence-corrected chi connectivity index (χ2v) is 6.95. The summed E-state index contributed by atoms with van der Waals surface area (Å²) >= 11 is 0. The third-order valence-corrected chi connectivity index (χ3v) is 3.13. The van der Waals surface area contributed by atoms with Crippen LogP contribution in [-0.2, 0) is 32.0 Å². The maximum Gasteiger partial charge on any atom is 0.332 e. The molecule has 4 heteroatoms. The molecule has 0 N–H and O–H groups in total. The standard InChI is InChI=1S/C19H30O4/c1-14(2)21-12-17-9-7-8-16(10-17)11-19(5,6)23-18(20)13-22-15(3)4/h7-10,14-15H,11-13H2,1-6H3. The van der Waals surface area contributed by atoms with E-state index >= 15 is 0 Å². The summed E-state index contributed by atoms with van der Waals surface area (Å²) in [6, 6.07) is 8.19. The molecule has 0 radical (unpaired) electrons. The van der Waals surface area contributed by atoms with Crippen molar-refractivity contribution in [2.24, 2.45) is 0 Å². The minimum atomic E-state index is -0.574. The van der Waals surface area contributed by atoms with Gasteiger partial charge in [0.25, 0.3) is 0 Å². The van der Waals surface area contributed by atoms with Gasteiger partial charge < -0.3 is 14.2 Å². The van der Waals surface area contributed by atoms with Crippen LogP contribution in [0.3, 0.4) is 0 Å². The highest BCUT2D eigenvalue weighted by Gasteiger charge is 2.23. The third-order valence-electron chi connectivity index (χ3n) is 3.13. The van der Waals surface area contributed by atoms with Gasteiger partial charge in [-0.25, -0.2) is 4.79 Å². The molecule has 0 aliphatic heterocycles. The van der Waals surface area contributed by atoms with Gasteiger partial charge in [0.2, 0.25) is 0 Å². The van der Waals surface area contributed by atoms with Gasteiger partial charge in [0.05, 0.1) is 18.8 Å². The van der Waals surface area contributed by atoms with Crippen LogP contribution in [0.15, 0.2) is 24.3 Å². The zero-order chi connectivity index (χ0) is 17.5. The van der Waals surface area contributed by atoms with Crippen LogP contribution in [-0.4, -0.2) is 30.4 Å². The van der Waals surface area contributed by atoms with E-state index in [-0.39, 0.29) is 24.8 Å². The fraction of sp³-hybridized carbons (Fsp3) is 0.632. The smallest absolute Gasteiger partial charge is 0.332 e. The fourth-order valence-electron chi connectivity index (χ4n) is 2.19. The minimum absolute atomic E-state index is 0.0106. The molecule has 0 bridgehead atoms. The molecule has 1 aromatic carbocycles. The molecule has 0 heterocycles. The lowest BCUT2D eigenvalue weighted by Crippen LogP contribution is -2.32. The Balaban J connectivity index is 2.59. The van der Waals surface area contributed by atoms with E-state index in [1.54, 1.807) is 0 Å². The van der Waals surface area contributed by atoms with Crippen LogP contribution < -0.4 is 0 Å². The van der Waals surface area contributed by atoms with Gasteiger partial charge in [0.15, 0.2) is 0 Å². The van der Waals surface area contributed by atoms with Crippen LogP contribution >= 0.6 is 0 Å². The Kier molecular flexibility index (Phi) is 7.73. The first-order valence-corrected chi connectivity index (χ1v) is 8.21. The topological polar surface area (TPSA) is 44.8 Å². The Morgan fingerprint density at radius 3 is 2.26 bits per heavy atom. The zero-order valence-electron chi connectivity index (χ0n) is 15.2. The molecule has 23 heavy (non-hydrogen) atoms. The maximum absolute atomic E-state index is 11.8. The van der Waals surface area contributed by atoms with Crippen molar-refractivity contribution < 1.29 is 19.0 Å². The van der Waals surface area contributed by atoms with E-state index in [1.165, 1.54) is 0 Å². The van der Waals surface area contributed by atoms with Crippen molar-refractivity contribution in [1.82, 2.24) is 0 Å². The van der Waals surface area contributed by atoms with E-state index in [9.17, 15) is 4.79 Å². The molecule has 0 unspecified atom stereocenters. The molecule has 1 rings (SSSR count). The van der Waals surface area contributed by atoms with Crippen LogP contribution in [0.2, 0.25) is 0 Å². The molecule has 0 atom stereocenters.